The molecule has 56 valence electrons. The van der Waals surface area contributed by atoms with Crippen molar-refractivity contribution in [3.63, 3.8) is 0 Å². The molecule has 0 aliphatic carbocycles. The van der Waals surface area contributed by atoms with E-state index in [-0.39, 0.29) is 0 Å². The Kier molecular flexibility index (Phi) is 2.25. The Hall–Kier alpha value is -0.880. The van der Waals surface area contributed by atoms with Crippen LogP contribution in [0.4, 0.5) is 0 Å². The average Bonchev–Trinajstić information content (AvgIpc) is 2.01. The second-order valence-electron chi connectivity index (χ2n) is 2.32. The minimum atomic E-state index is 0.505. The Morgan fingerprint density at radius 3 is 2.64 bits per heavy atom. The number of rotatable bonds is 0. The Labute approximate surface area is 74.0 Å². The Balaban J connectivity index is 3.40. The topological polar surface area (TPSA) is 36.7 Å². The van der Waals surface area contributed by atoms with E-state index in [1.165, 1.54) is 0 Å². The van der Waals surface area contributed by atoms with Crippen molar-refractivity contribution in [1.82, 2.24) is 4.98 Å². The van der Waals surface area contributed by atoms with Gasteiger partial charge in [0.1, 0.15) is 11.8 Å². The van der Waals surface area contributed by atoms with Crippen molar-refractivity contribution in [2.24, 2.45) is 0 Å². The van der Waals surface area contributed by atoms with Gasteiger partial charge in [-0.25, -0.2) is 4.98 Å². The Bertz CT molecular complexity index is 326. The highest BCUT2D eigenvalue weighted by Crippen LogP contribution is 2.19. The van der Waals surface area contributed by atoms with Crippen LogP contribution < -0.4 is 0 Å². The fourth-order valence-electron chi connectivity index (χ4n) is 0.784. The van der Waals surface area contributed by atoms with Crippen molar-refractivity contribution < 1.29 is 0 Å². The van der Waals surface area contributed by atoms with Gasteiger partial charge in [-0.3, -0.25) is 0 Å². The maximum Gasteiger partial charge on any atom is 0.143 e. The molecule has 0 N–H and O–H groups in total. The minimum absolute atomic E-state index is 0.505. The van der Waals surface area contributed by atoms with E-state index in [0.29, 0.717) is 5.69 Å². The average molecular weight is 211 g/mol. The number of nitriles is 1. The van der Waals surface area contributed by atoms with Crippen molar-refractivity contribution >= 4 is 15.9 Å². The van der Waals surface area contributed by atoms with Gasteiger partial charge < -0.3 is 0 Å². The number of halogens is 1. The maximum atomic E-state index is 8.61. The van der Waals surface area contributed by atoms with Crippen LogP contribution in [0.1, 0.15) is 16.8 Å². The molecule has 1 aromatic rings. The molecule has 1 aromatic heterocycles. The van der Waals surface area contributed by atoms with Crippen LogP contribution in [0, 0.1) is 25.2 Å². The molecule has 2 nitrogen and oxygen atoms in total. The van der Waals surface area contributed by atoms with Crippen molar-refractivity contribution in [2.45, 2.75) is 13.8 Å². The second kappa shape index (κ2) is 3.02. The van der Waals surface area contributed by atoms with Crippen LogP contribution in [0.3, 0.4) is 0 Å². The maximum absolute atomic E-state index is 8.61. The van der Waals surface area contributed by atoms with Crippen LogP contribution in [0.5, 0.6) is 0 Å². The van der Waals surface area contributed by atoms with Crippen molar-refractivity contribution in [1.29, 1.82) is 5.26 Å². The van der Waals surface area contributed by atoms with Gasteiger partial charge in [0, 0.05) is 10.7 Å². The molecular formula is C8H7BrN2. The van der Waals surface area contributed by atoms with Gasteiger partial charge in [-0.15, -0.1) is 0 Å². The molecule has 0 aliphatic heterocycles. The van der Waals surface area contributed by atoms with Crippen LogP contribution in [-0.4, -0.2) is 4.98 Å². The van der Waals surface area contributed by atoms with Crippen LogP contribution in [-0.2, 0) is 0 Å². The summed E-state index contributed by atoms with van der Waals surface area (Å²) in [4.78, 5) is 3.95. The van der Waals surface area contributed by atoms with Gasteiger partial charge in [-0.1, -0.05) is 0 Å². The van der Waals surface area contributed by atoms with Gasteiger partial charge >= 0.3 is 0 Å². The molecule has 3 heteroatoms. The molecule has 0 unspecified atom stereocenters. The summed E-state index contributed by atoms with van der Waals surface area (Å²) >= 11 is 3.34. The van der Waals surface area contributed by atoms with Gasteiger partial charge in [0.15, 0.2) is 0 Å². The van der Waals surface area contributed by atoms with E-state index in [9.17, 15) is 0 Å². The first kappa shape index (κ1) is 8.22. The molecule has 0 amide bonds. The van der Waals surface area contributed by atoms with Gasteiger partial charge in [0.2, 0.25) is 0 Å². The molecule has 0 aliphatic rings. The number of hydrogen-bond acceptors (Lipinski definition) is 2. The van der Waals surface area contributed by atoms with E-state index in [1.807, 2.05) is 19.9 Å². The summed E-state index contributed by atoms with van der Waals surface area (Å²) in [5.74, 6) is 0. The largest absolute Gasteiger partial charge is 0.244 e. The van der Waals surface area contributed by atoms with E-state index in [0.717, 1.165) is 15.6 Å². The van der Waals surface area contributed by atoms with Gasteiger partial charge in [-0.05, 0) is 40.9 Å². The van der Waals surface area contributed by atoms with Gasteiger partial charge in [0.25, 0.3) is 0 Å². The third-order valence-corrected chi connectivity index (χ3v) is 2.49. The van der Waals surface area contributed by atoms with Crippen molar-refractivity contribution in [2.75, 3.05) is 0 Å². The molecule has 0 saturated heterocycles. The molecule has 1 rings (SSSR count). The highest BCUT2D eigenvalue weighted by molar-refractivity contribution is 9.10. The number of nitrogens with zero attached hydrogens (tertiary/aromatic N) is 2. The summed E-state index contributed by atoms with van der Waals surface area (Å²) in [6.45, 7) is 3.85. The Morgan fingerprint density at radius 2 is 2.09 bits per heavy atom. The van der Waals surface area contributed by atoms with E-state index in [4.69, 9.17) is 5.26 Å². The van der Waals surface area contributed by atoms with Gasteiger partial charge in [0.05, 0.1) is 0 Å². The van der Waals surface area contributed by atoms with E-state index >= 15 is 0 Å². The second-order valence-corrected chi connectivity index (χ2v) is 3.17. The third kappa shape index (κ3) is 1.41. The molecule has 0 bridgehead atoms. The van der Waals surface area contributed by atoms with Crippen LogP contribution >= 0.6 is 15.9 Å². The molecule has 0 radical (unpaired) electrons. The standard InChI is InChI=1S/C8H7BrN2/c1-5-6(2)8(3-10)11-4-7(5)9/h4H,1-2H3. The molecule has 11 heavy (non-hydrogen) atoms. The zero-order valence-corrected chi connectivity index (χ0v) is 7.94. The zero-order valence-electron chi connectivity index (χ0n) is 6.35. The summed E-state index contributed by atoms with van der Waals surface area (Å²) in [5, 5.41) is 8.61. The molecule has 0 saturated carbocycles. The van der Waals surface area contributed by atoms with Crippen LogP contribution in [0.25, 0.3) is 0 Å². The Morgan fingerprint density at radius 1 is 1.45 bits per heavy atom. The quantitative estimate of drug-likeness (QED) is 0.660. The number of pyridine rings is 1. The van der Waals surface area contributed by atoms with Crippen molar-refractivity contribution in [3.8, 4) is 6.07 Å². The molecule has 1 heterocycles. The number of hydrogen-bond donors (Lipinski definition) is 0. The van der Waals surface area contributed by atoms with Crippen LogP contribution in [0.2, 0.25) is 0 Å². The fraction of sp³-hybridized carbons (Fsp3) is 0.250. The zero-order chi connectivity index (χ0) is 8.43. The fourth-order valence-corrected chi connectivity index (χ4v) is 1.18. The summed E-state index contributed by atoms with van der Waals surface area (Å²) in [6, 6.07) is 2.03. The predicted octanol–water partition coefficient (Wildman–Crippen LogP) is 2.33. The highest BCUT2D eigenvalue weighted by atomic mass is 79.9. The number of aromatic nitrogens is 1. The normalized spacial score (nSPS) is 9.27. The minimum Gasteiger partial charge on any atom is -0.244 e. The highest BCUT2D eigenvalue weighted by Gasteiger charge is 2.03. The lowest BCUT2D eigenvalue weighted by Crippen LogP contribution is -1.91. The molecule has 0 aromatic carbocycles. The van der Waals surface area contributed by atoms with E-state index < -0.39 is 0 Å². The lowest BCUT2D eigenvalue weighted by atomic mass is 10.1. The monoisotopic (exact) mass is 210 g/mol. The van der Waals surface area contributed by atoms with E-state index in [1.54, 1.807) is 6.20 Å². The summed E-state index contributed by atoms with van der Waals surface area (Å²) in [6.07, 6.45) is 1.65. The van der Waals surface area contributed by atoms with Crippen LogP contribution in [0.15, 0.2) is 10.7 Å². The smallest absolute Gasteiger partial charge is 0.143 e. The molecule has 0 fully saturated rings. The first-order chi connectivity index (χ1) is 5.16. The third-order valence-electron chi connectivity index (χ3n) is 1.69. The molecule has 0 spiro atoms. The van der Waals surface area contributed by atoms with E-state index in [2.05, 4.69) is 20.9 Å². The first-order valence-corrected chi connectivity index (χ1v) is 3.98. The summed E-state index contributed by atoms with van der Waals surface area (Å²) < 4.78 is 0.953. The summed E-state index contributed by atoms with van der Waals surface area (Å²) in [5.41, 5.74) is 2.53. The SMILES string of the molecule is Cc1c(Br)cnc(C#N)c1C. The lowest BCUT2D eigenvalue weighted by Gasteiger charge is -2.02. The van der Waals surface area contributed by atoms with Crippen molar-refractivity contribution in [3.05, 3.63) is 27.5 Å². The predicted molar refractivity (Wildman–Crippen MR) is 46.1 cm³/mol. The summed E-state index contributed by atoms with van der Waals surface area (Å²) in [7, 11) is 0. The lowest BCUT2D eigenvalue weighted by molar-refractivity contribution is 1.15. The first-order valence-electron chi connectivity index (χ1n) is 3.18. The molecule has 0 atom stereocenters. The van der Waals surface area contributed by atoms with Gasteiger partial charge in [-0.2, -0.15) is 5.26 Å². The molecular weight excluding hydrogens is 204 g/mol.